The first kappa shape index (κ1) is 16.3. The molecule has 1 unspecified atom stereocenters. The van der Waals surface area contributed by atoms with Crippen molar-refractivity contribution in [3.05, 3.63) is 83.4 Å². The van der Waals surface area contributed by atoms with Gasteiger partial charge < -0.3 is 5.32 Å². The van der Waals surface area contributed by atoms with Gasteiger partial charge in [-0.15, -0.1) is 0 Å². The third-order valence-corrected chi connectivity index (χ3v) is 5.06. The van der Waals surface area contributed by atoms with Gasteiger partial charge in [0.25, 0.3) is 5.91 Å². The molecule has 4 heteroatoms. The first-order chi connectivity index (χ1) is 12.5. The molecule has 1 atom stereocenters. The molecule has 1 heterocycles. The van der Waals surface area contributed by atoms with Crippen molar-refractivity contribution in [2.45, 2.75) is 25.9 Å². The van der Waals surface area contributed by atoms with Crippen LogP contribution in [0.2, 0.25) is 0 Å². The van der Waals surface area contributed by atoms with Gasteiger partial charge in [0.2, 0.25) is 0 Å². The van der Waals surface area contributed by atoms with Crippen LogP contribution in [0.4, 0.5) is 4.79 Å². The molecule has 0 saturated carbocycles. The second-order valence-electron chi connectivity index (χ2n) is 6.99. The summed E-state index contributed by atoms with van der Waals surface area (Å²) in [6, 6.07) is 21.4. The monoisotopic (exact) mass is 344 g/mol. The van der Waals surface area contributed by atoms with Crippen LogP contribution in [0, 0.1) is 6.92 Å². The third-order valence-electron chi connectivity index (χ3n) is 5.06. The lowest BCUT2D eigenvalue weighted by atomic mass is 9.91. The summed E-state index contributed by atoms with van der Waals surface area (Å²) in [5.74, 6) is -0.223. The van der Waals surface area contributed by atoms with E-state index in [9.17, 15) is 9.59 Å². The number of fused-ring (bicyclic) bond motifs is 1. The number of rotatable bonds is 3. The maximum Gasteiger partial charge on any atom is 0.325 e. The molecule has 3 amide bonds. The van der Waals surface area contributed by atoms with Crippen molar-refractivity contribution < 1.29 is 9.59 Å². The molecule has 0 aromatic heterocycles. The standard InChI is InChI=1S/C22H20N2O2/c1-15-7-11-19(12-8-15)22(2)20(25)24(21(26)23-22)14-16-9-10-17-5-3-4-6-18(17)13-16/h3-13H,14H2,1-2H3,(H,23,26). The number of amides is 3. The van der Waals surface area contributed by atoms with E-state index in [4.69, 9.17) is 0 Å². The van der Waals surface area contributed by atoms with Gasteiger partial charge in [0.05, 0.1) is 6.54 Å². The molecule has 26 heavy (non-hydrogen) atoms. The molecule has 1 aliphatic rings. The summed E-state index contributed by atoms with van der Waals surface area (Å²) in [5.41, 5.74) is 1.81. The van der Waals surface area contributed by atoms with Gasteiger partial charge in [0.15, 0.2) is 0 Å². The number of imide groups is 1. The van der Waals surface area contributed by atoms with Gasteiger partial charge >= 0.3 is 6.03 Å². The summed E-state index contributed by atoms with van der Waals surface area (Å²) >= 11 is 0. The van der Waals surface area contributed by atoms with E-state index >= 15 is 0 Å². The minimum Gasteiger partial charge on any atom is -0.319 e. The fraction of sp³-hybridized carbons (Fsp3) is 0.182. The summed E-state index contributed by atoms with van der Waals surface area (Å²) in [6.45, 7) is 4.02. The number of aryl methyl sites for hydroxylation is 1. The molecule has 1 saturated heterocycles. The van der Waals surface area contributed by atoms with Crippen LogP contribution in [-0.4, -0.2) is 16.8 Å². The number of nitrogens with zero attached hydrogens (tertiary/aromatic N) is 1. The van der Waals surface area contributed by atoms with E-state index in [0.717, 1.165) is 27.5 Å². The van der Waals surface area contributed by atoms with Gasteiger partial charge in [0.1, 0.15) is 5.54 Å². The van der Waals surface area contributed by atoms with Gasteiger partial charge in [-0.2, -0.15) is 0 Å². The Morgan fingerprint density at radius 1 is 0.923 bits per heavy atom. The number of carbonyl (C=O) groups is 2. The van der Waals surface area contributed by atoms with Crippen molar-refractivity contribution in [2.75, 3.05) is 0 Å². The zero-order chi connectivity index (χ0) is 18.3. The first-order valence-electron chi connectivity index (χ1n) is 8.66. The van der Waals surface area contributed by atoms with Crippen molar-refractivity contribution in [3.63, 3.8) is 0 Å². The normalized spacial score (nSPS) is 19.8. The lowest BCUT2D eigenvalue weighted by Gasteiger charge is -2.22. The number of hydrogen-bond acceptors (Lipinski definition) is 2. The molecule has 4 nitrogen and oxygen atoms in total. The number of carbonyl (C=O) groups excluding carboxylic acids is 2. The highest BCUT2D eigenvalue weighted by Gasteiger charge is 2.48. The molecule has 130 valence electrons. The third kappa shape index (κ3) is 2.64. The Balaban J connectivity index is 1.63. The maximum atomic E-state index is 13.0. The zero-order valence-corrected chi connectivity index (χ0v) is 14.8. The molecule has 0 spiro atoms. The first-order valence-corrected chi connectivity index (χ1v) is 8.66. The van der Waals surface area contributed by atoms with E-state index in [0.29, 0.717) is 0 Å². The lowest BCUT2D eigenvalue weighted by molar-refractivity contribution is -0.131. The van der Waals surface area contributed by atoms with E-state index in [1.54, 1.807) is 6.92 Å². The van der Waals surface area contributed by atoms with Crippen molar-refractivity contribution in [1.82, 2.24) is 10.2 Å². The average Bonchev–Trinajstić information content (AvgIpc) is 2.86. The highest BCUT2D eigenvalue weighted by molar-refractivity contribution is 6.07. The van der Waals surface area contributed by atoms with Crippen LogP contribution in [0.15, 0.2) is 66.7 Å². The topological polar surface area (TPSA) is 49.4 Å². The summed E-state index contributed by atoms with van der Waals surface area (Å²) < 4.78 is 0. The Labute approximate surface area is 152 Å². The number of hydrogen-bond donors (Lipinski definition) is 1. The van der Waals surface area contributed by atoms with Crippen molar-refractivity contribution >= 4 is 22.7 Å². The summed E-state index contributed by atoms with van der Waals surface area (Å²) in [5, 5.41) is 5.09. The highest BCUT2D eigenvalue weighted by atomic mass is 16.2. The van der Waals surface area contributed by atoms with E-state index in [1.807, 2.05) is 73.7 Å². The number of nitrogens with one attached hydrogen (secondary N) is 1. The summed E-state index contributed by atoms with van der Waals surface area (Å²) in [4.78, 5) is 26.8. The predicted octanol–water partition coefficient (Wildman–Crippen LogP) is 4.12. The van der Waals surface area contributed by atoms with Gasteiger partial charge in [-0.25, -0.2) is 4.79 Å². The quantitative estimate of drug-likeness (QED) is 0.727. The van der Waals surface area contributed by atoms with Crippen LogP contribution in [0.1, 0.15) is 23.6 Å². The Kier molecular flexibility index (Phi) is 3.76. The molecule has 4 rings (SSSR count). The fourth-order valence-corrected chi connectivity index (χ4v) is 3.44. The average molecular weight is 344 g/mol. The minimum absolute atomic E-state index is 0.223. The van der Waals surface area contributed by atoms with Crippen LogP contribution in [0.5, 0.6) is 0 Å². The van der Waals surface area contributed by atoms with Gasteiger partial charge in [0, 0.05) is 0 Å². The van der Waals surface area contributed by atoms with Crippen molar-refractivity contribution in [2.24, 2.45) is 0 Å². The molecule has 0 radical (unpaired) electrons. The van der Waals surface area contributed by atoms with Gasteiger partial charge in [-0.3, -0.25) is 9.69 Å². The second-order valence-corrected chi connectivity index (χ2v) is 6.99. The molecular formula is C22H20N2O2. The van der Waals surface area contributed by atoms with E-state index in [-0.39, 0.29) is 18.5 Å². The smallest absolute Gasteiger partial charge is 0.319 e. The molecule has 0 aliphatic carbocycles. The predicted molar refractivity (Wildman–Crippen MR) is 102 cm³/mol. The van der Waals surface area contributed by atoms with Gasteiger partial charge in [-0.1, -0.05) is 66.2 Å². The van der Waals surface area contributed by atoms with Crippen LogP contribution >= 0.6 is 0 Å². The Hall–Kier alpha value is -3.14. The number of benzene rings is 3. The minimum atomic E-state index is -1.03. The number of urea groups is 1. The largest absolute Gasteiger partial charge is 0.325 e. The Bertz CT molecular complexity index is 1010. The summed E-state index contributed by atoms with van der Waals surface area (Å²) in [6.07, 6.45) is 0. The molecule has 3 aromatic carbocycles. The molecule has 3 aromatic rings. The molecule has 1 N–H and O–H groups in total. The van der Waals surface area contributed by atoms with Crippen LogP contribution in [-0.2, 0) is 16.9 Å². The van der Waals surface area contributed by atoms with Crippen LogP contribution < -0.4 is 5.32 Å². The van der Waals surface area contributed by atoms with E-state index in [1.165, 1.54) is 4.90 Å². The summed E-state index contributed by atoms with van der Waals surface area (Å²) in [7, 11) is 0. The second kappa shape index (κ2) is 5.99. The molecule has 0 bridgehead atoms. The van der Waals surface area contributed by atoms with E-state index < -0.39 is 5.54 Å². The lowest BCUT2D eigenvalue weighted by Crippen LogP contribution is -2.40. The van der Waals surface area contributed by atoms with Crippen LogP contribution in [0.25, 0.3) is 10.8 Å². The fourth-order valence-electron chi connectivity index (χ4n) is 3.44. The highest BCUT2D eigenvalue weighted by Crippen LogP contribution is 2.30. The molecular weight excluding hydrogens is 324 g/mol. The van der Waals surface area contributed by atoms with Crippen molar-refractivity contribution in [1.29, 1.82) is 0 Å². The molecule has 1 aliphatic heterocycles. The Morgan fingerprint density at radius 2 is 1.62 bits per heavy atom. The molecule has 1 fully saturated rings. The SMILES string of the molecule is Cc1ccc(C2(C)NC(=O)N(Cc3ccc4ccccc4c3)C2=O)cc1. The van der Waals surface area contributed by atoms with Gasteiger partial charge in [-0.05, 0) is 41.8 Å². The zero-order valence-electron chi connectivity index (χ0n) is 14.8. The van der Waals surface area contributed by atoms with E-state index in [2.05, 4.69) is 5.32 Å². The maximum absolute atomic E-state index is 13.0. The van der Waals surface area contributed by atoms with Crippen molar-refractivity contribution in [3.8, 4) is 0 Å². The Morgan fingerprint density at radius 3 is 2.35 bits per heavy atom. The van der Waals surface area contributed by atoms with Crippen LogP contribution in [0.3, 0.4) is 0 Å².